The summed E-state index contributed by atoms with van der Waals surface area (Å²) >= 11 is 5.68. The highest BCUT2D eigenvalue weighted by molar-refractivity contribution is 7.92. The zero-order valence-electron chi connectivity index (χ0n) is 12.2. The van der Waals surface area contributed by atoms with Gasteiger partial charge in [0.1, 0.15) is 10.7 Å². The number of nitrogens with zero attached hydrogens (tertiary/aromatic N) is 1. The van der Waals surface area contributed by atoms with Gasteiger partial charge in [0, 0.05) is 12.1 Å². The first-order valence-electron chi connectivity index (χ1n) is 6.82. The van der Waals surface area contributed by atoms with E-state index in [4.69, 9.17) is 11.6 Å². The van der Waals surface area contributed by atoms with Crippen molar-refractivity contribution in [3.8, 4) is 0 Å². The molecule has 0 aliphatic carbocycles. The molecule has 0 atom stereocenters. The van der Waals surface area contributed by atoms with E-state index in [0.29, 0.717) is 5.69 Å². The maximum absolute atomic E-state index is 14.0. The summed E-state index contributed by atoms with van der Waals surface area (Å²) < 4.78 is 40.3. The van der Waals surface area contributed by atoms with Crippen molar-refractivity contribution in [2.45, 2.75) is 4.90 Å². The van der Waals surface area contributed by atoms with Crippen molar-refractivity contribution in [1.82, 2.24) is 0 Å². The van der Waals surface area contributed by atoms with Crippen molar-refractivity contribution in [3.05, 3.63) is 71.5 Å². The van der Waals surface area contributed by atoms with Crippen molar-refractivity contribution >= 4 is 38.1 Å². The molecule has 6 heteroatoms. The van der Waals surface area contributed by atoms with Gasteiger partial charge in [-0.1, -0.05) is 41.9 Å². The summed E-state index contributed by atoms with van der Waals surface area (Å²) in [7, 11) is -2.61. The van der Waals surface area contributed by atoms with Gasteiger partial charge in [0.15, 0.2) is 0 Å². The second-order valence-electron chi connectivity index (χ2n) is 5.08. The molecule has 0 bridgehead atoms. The Morgan fingerprint density at radius 2 is 1.65 bits per heavy atom. The summed E-state index contributed by atoms with van der Waals surface area (Å²) in [5.74, 6) is -0.870. The first-order valence-corrected chi connectivity index (χ1v) is 8.64. The molecule has 0 aliphatic rings. The third-order valence-corrected chi connectivity index (χ3v) is 5.68. The predicted molar refractivity (Wildman–Crippen MR) is 90.9 cm³/mol. The molecule has 0 aromatic heterocycles. The van der Waals surface area contributed by atoms with Gasteiger partial charge in [-0.05, 0) is 41.1 Å². The topological polar surface area (TPSA) is 37.4 Å². The first-order chi connectivity index (χ1) is 10.9. The second-order valence-corrected chi connectivity index (χ2v) is 7.45. The van der Waals surface area contributed by atoms with Crippen LogP contribution in [0.5, 0.6) is 0 Å². The molecule has 0 N–H and O–H groups in total. The van der Waals surface area contributed by atoms with Gasteiger partial charge in [-0.3, -0.25) is 4.31 Å². The summed E-state index contributed by atoms with van der Waals surface area (Å²) in [6.07, 6.45) is 0. The summed E-state index contributed by atoms with van der Waals surface area (Å²) in [5.41, 5.74) is 0.457. The maximum atomic E-state index is 14.0. The fourth-order valence-corrected chi connectivity index (χ4v) is 3.73. The number of hydrogen-bond donors (Lipinski definition) is 0. The minimum atomic E-state index is -4.01. The average Bonchev–Trinajstić information content (AvgIpc) is 2.53. The molecule has 0 saturated carbocycles. The van der Waals surface area contributed by atoms with E-state index in [9.17, 15) is 12.8 Å². The standard InChI is InChI=1S/C17H13ClFNO2S/c1-20(15-8-6-12-4-2-3-5-13(12)10-15)23(21,22)17-9-7-14(18)11-16(17)19/h2-11H,1H3. The summed E-state index contributed by atoms with van der Waals surface area (Å²) in [5, 5.41) is 2.05. The van der Waals surface area contributed by atoms with Crippen molar-refractivity contribution in [2.24, 2.45) is 0 Å². The third-order valence-electron chi connectivity index (χ3n) is 3.63. The van der Waals surface area contributed by atoms with Crippen LogP contribution in [0, 0.1) is 5.82 Å². The Morgan fingerprint density at radius 3 is 2.35 bits per heavy atom. The van der Waals surface area contributed by atoms with E-state index in [1.807, 2.05) is 30.3 Å². The van der Waals surface area contributed by atoms with E-state index in [0.717, 1.165) is 21.1 Å². The molecule has 23 heavy (non-hydrogen) atoms. The molecule has 0 spiro atoms. The Balaban J connectivity index is 2.07. The number of fused-ring (bicyclic) bond motifs is 1. The van der Waals surface area contributed by atoms with Gasteiger partial charge in [-0.2, -0.15) is 0 Å². The molecular formula is C17H13ClFNO2S. The lowest BCUT2D eigenvalue weighted by Crippen LogP contribution is -2.27. The molecule has 0 amide bonds. The van der Waals surface area contributed by atoms with Crippen LogP contribution in [0.3, 0.4) is 0 Å². The predicted octanol–water partition coefficient (Wildman–Crippen LogP) is 4.46. The monoisotopic (exact) mass is 349 g/mol. The van der Waals surface area contributed by atoms with Gasteiger partial charge in [-0.15, -0.1) is 0 Å². The molecule has 0 radical (unpaired) electrons. The SMILES string of the molecule is CN(c1ccc2ccccc2c1)S(=O)(=O)c1ccc(Cl)cc1F. The van der Waals surface area contributed by atoms with Crippen LogP contribution in [-0.4, -0.2) is 15.5 Å². The van der Waals surface area contributed by atoms with Crippen LogP contribution in [0.2, 0.25) is 5.02 Å². The summed E-state index contributed by atoms with van der Waals surface area (Å²) in [6, 6.07) is 16.4. The van der Waals surface area contributed by atoms with Crippen LogP contribution in [0.15, 0.2) is 65.6 Å². The normalized spacial score (nSPS) is 11.6. The number of sulfonamides is 1. The summed E-state index contributed by atoms with van der Waals surface area (Å²) in [6.45, 7) is 0. The molecule has 118 valence electrons. The van der Waals surface area contributed by atoms with Crippen molar-refractivity contribution < 1.29 is 12.8 Å². The molecule has 0 unspecified atom stereocenters. The summed E-state index contributed by atoms with van der Waals surface area (Å²) in [4.78, 5) is -0.405. The van der Waals surface area contributed by atoms with Gasteiger partial charge < -0.3 is 0 Å². The van der Waals surface area contributed by atoms with Crippen molar-refractivity contribution in [1.29, 1.82) is 0 Å². The van der Waals surface area contributed by atoms with Crippen LogP contribution in [0.25, 0.3) is 10.8 Å². The highest BCUT2D eigenvalue weighted by atomic mass is 35.5. The van der Waals surface area contributed by atoms with Crippen LogP contribution in [0.1, 0.15) is 0 Å². The lowest BCUT2D eigenvalue weighted by atomic mass is 10.1. The van der Waals surface area contributed by atoms with Crippen LogP contribution in [0.4, 0.5) is 10.1 Å². The molecule has 3 rings (SSSR count). The Labute approximate surface area is 139 Å². The minimum Gasteiger partial charge on any atom is -0.269 e. The number of halogens is 2. The molecule has 0 saturated heterocycles. The fraction of sp³-hybridized carbons (Fsp3) is 0.0588. The highest BCUT2D eigenvalue weighted by Crippen LogP contribution is 2.28. The van der Waals surface area contributed by atoms with E-state index >= 15 is 0 Å². The molecule has 3 aromatic rings. The molecular weight excluding hydrogens is 337 g/mol. The first kappa shape index (κ1) is 15.8. The molecule has 3 nitrogen and oxygen atoms in total. The van der Waals surface area contributed by atoms with Crippen molar-refractivity contribution in [3.63, 3.8) is 0 Å². The van der Waals surface area contributed by atoms with E-state index in [2.05, 4.69) is 0 Å². The van der Waals surface area contributed by atoms with E-state index in [1.165, 1.54) is 19.2 Å². The second kappa shape index (κ2) is 5.83. The van der Waals surface area contributed by atoms with Gasteiger partial charge in [0.2, 0.25) is 0 Å². The quantitative estimate of drug-likeness (QED) is 0.700. The molecule has 0 fully saturated rings. The van der Waals surface area contributed by atoms with Gasteiger partial charge in [0.25, 0.3) is 10.0 Å². The van der Waals surface area contributed by atoms with E-state index < -0.39 is 20.7 Å². The number of anilines is 1. The minimum absolute atomic E-state index is 0.148. The number of hydrogen-bond acceptors (Lipinski definition) is 2. The third kappa shape index (κ3) is 2.90. The number of benzene rings is 3. The van der Waals surface area contributed by atoms with Crippen LogP contribution >= 0.6 is 11.6 Å². The Morgan fingerprint density at radius 1 is 0.957 bits per heavy atom. The highest BCUT2D eigenvalue weighted by Gasteiger charge is 2.25. The van der Waals surface area contributed by atoms with E-state index in [1.54, 1.807) is 12.1 Å². The van der Waals surface area contributed by atoms with Crippen LogP contribution < -0.4 is 4.31 Å². The molecule has 0 heterocycles. The number of rotatable bonds is 3. The molecule has 0 aliphatic heterocycles. The zero-order chi connectivity index (χ0) is 16.6. The average molecular weight is 350 g/mol. The zero-order valence-corrected chi connectivity index (χ0v) is 13.8. The molecule has 3 aromatic carbocycles. The Bertz CT molecular complexity index is 989. The lowest BCUT2D eigenvalue weighted by molar-refractivity contribution is 0.566. The van der Waals surface area contributed by atoms with E-state index in [-0.39, 0.29) is 5.02 Å². The van der Waals surface area contributed by atoms with Gasteiger partial charge >= 0.3 is 0 Å². The lowest BCUT2D eigenvalue weighted by Gasteiger charge is -2.20. The smallest absolute Gasteiger partial charge is 0.266 e. The van der Waals surface area contributed by atoms with Crippen LogP contribution in [-0.2, 0) is 10.0 Å². The fourth-order valence-electron chi connectivity index (χ4n) is 2.34. The maximum Gasteiger partial charge on any atom is 0.266 e. The largest absolute Gasteiger partial charge is 0.269 e. The van der Waals surface area contributed by atoms with Gasteiger partial charge in [0.05, 0.1) is 5.69 Å². The van der Waals surface area contributed by atoms with Crippen molar-refractivity contribution in [2.75, 3.05) is 11.4 Å². The Kier molecular flexibility index (Phi) is 4.00. The Hall–Kier alpha value is -2.11. The van der Waals surface area contributed by atoms with Gasteiger partial charge in [-0.25, -0.2) is 12.8 Å².